The first-order chi connectivity index (χ1) is 13.6. The van der Waals surface area contributed by atoms with Gasteiger partial charge in [-0.25, -0.2) is 4.98 Å². The van der Waals surface area contributed by atoms with Gasteiger partial charge in [0.15, 0.2) is 15.7 Å². The highest BCUT2D eigenvalue weighted by molar-refractivity contribution is 7.98. The number of anilines is 1. The van der Waals surface area contributed by atoms with Crippen LogP contribution >= 0.6 is 46.7 Å². The molecule has 3 aromatic heterocycles. The molecule has 1 aromatic carbocycles. The first-order valence-electron chi connectivity index (χ1n) is 8.23. The van der Waals surface area contributed by atoms with Crippen LogP contribution in [-0.4, -0.2) is 31.9 Å². The molecule has 0 fully saturated rings. The molecule has 6 nitrogen and oxygen atoms in total. The van der Waals surface area contributed by atoms with Crippen molar-refractivity contribution >= 4 is 57.7 Å². The Morgan fingerprint density at radius 2 is 2.11 bits per heavy atom. The molecule has 0 bridgehead atoms. The van der Waals surface area contributed by atoms with Gasteiger partial charge in [-0.3, -0.25) is 14.5 Å². The Morgan fingerprint density at radius 3 is 2.82 bits per heavy atom. The molecule has 0 spiro atoms. The van der Waals surface area contributed by atoms with Crippen molar-refractivity contribution in [3.63, 3.8) is 0 Å². The van der Waals surface area contributed by atoms with Crippen LogP contribution in [0, 0.1) is 4.77 Å². The van der Waals surface area contributed by atoms with Gasteiger partial charge < -0.3 is 5.32 Å². The van der Waals surface area contributed by atoms with Gasteiger partial charge in [-0.2, -0.15) is 5.10 Å². The molecule has 0 saturated heterocycles. The molecule has 1 amide bonds. The number of amides is 1. The van der Waals surface area contributed by atoms with Crippen LogP contribution in [-0.2, 0) is 11.3 Å². The van der Waals surface area contributed by atoms with Crippen molar-refractivity contribution in [2.45, 2.75) is 11.4 Å². The number of hydrogen-bond acceptors (Lipinski definition) is 7. The third-order valence-corrected chi connectivity index (χ3v) is 6.62. The number of rotatable bonds is 6. The Balaban J connectivity index is 1.47. The van der Waals surface area contributed by atoms with Gasteiger partial charge in [0.2, 0.25) is 5.91 Å². The second-order valence-electron chi connectivity index (χ2n) is 5.73. The number of hydrogen-bond donors (Lipinski definition) is 2. The van der Waals surface area contributed by atoms with Gasteiger partial charge in [-0.05, 0) is 42.1 Å². The Morgan fingerprint density at radius 1 is 1.29 bits per heavy atom. The lowest BCUT2D eigenvalue weighted by Gasteiger charge is -2.05. The number of thiazole rings is 1. The van der Waals surface area contributed by atoms with E-state index in [1.807, 2.05) is 41.3 Å². The van der Waals surface area contributed by atoms with E-state index in [1.165, 1.54) is 16.2 Å². The number of thioether (sulfide) groups is 1. The number of aromatic amines is 1. The quantitative estimate of drug-likeness (QED) is 0.317. The van der Waals surface area contributed by atoms with E-state index in [1.54, 1.807) is 27.7 Å². The van der Waals surface area contributed by atoms with Crippen LogP contribution in [0.25, 0.3) is 22.0 Å². The van der Waals surface area contributed by atoms with Crippen molar-refractivity contribution < 1.29 is 4.79 Å². The summed E-state index contributed by atoms with van der Waals surface area (Å²) in [7, 11) is 0. The largest absolute Gasteiger partial charge is 0.300 e. The van der Waals surface area contributed by atoms with Gasteiger partial charge in [-0.15, -0.1) is 34.4 Å². The fourth-order valence-corrected chi connectivity index (χ4v) is 4.65. The molecule has 0 aliphatic heterocycles. The topological polar surface area (TPSA) is 75.6 Å². The minimum Gasteiger partial charge on any atom is -0.300 e. The summed E-state index contributed by atoms with van der Waals surface area (Å²) in [5.74, 6) is 0.456. The van der Waals surface area contributed by atoms with Crippen LogP contribution in [0.4, 0.5) is 5.13 Å². The summed E-state index contributed by atoms with van der Waals surface area (Å²) in [4.78, 5) is 19.2. The van der Waals surface area contributed by atoms with Crippen LogP contribution in [0.2, 0.25) is 0 Å². The van der Waals surface area contributed by atoms with E-state index >= 15 is 0 Å². The van der Waals surface area contributed by atoms with E-state index in [4.69, 9.17) is 12.2 Å². The number of carbonyl (C=O) groups is 1. The first-order valence-corrected chi connectivity index (χ1v) is 11.6. The van der Waals surface area contributed by atoms with Crippen molar-refractivity contribution in [3.8, 4) is 22.0 Å². The zero-order chi connectivity index (χ0) is 19.5. The molecule has 0 aliphatic rings. The van der Waals surface area contributed by atoms with Crippen LogP contribution in [0.15, 0.2) is 52.1 Å². The van der Waals surface area contributed by atoms with Crippen molar-refractivity contribution in [2.24, 2.45) is 0 Å². The summed E-state index contributed by atoms with van der Waals surface area (Å²) in [6.07, 6.45) is 2.04. The summed E-state index contributed by atoms with van der Waals surface area (Å²) in [5.41, 5.74) is 1.86. The van der Waals surface area contributed by atoms with E-state index in [9.17, 15) is 4.79 Å². The molecule has 0 unspecified atom stereocenters. The lowest BCUT2D eigenvalue weighted by atomic mass is 10.2. The third-order valence-electron chi connectivity index (χ3n) is 3.94. The van der Waals surface area contributed by atoms with Gasteiger partial charge in [0, 0.05) is 15.8 Å². The monoisotopic (exact) mass is 445 g/mol. The Hall–Kier alpha value is -2.27. The van der Waals surface area contributed by atoms with E-state index in [0.29, 0.717) is 15.7 Å². The first kappa shape index (κ1) is 19.1. The highest BCUT2D eigenvalue weighted by Gasteiger charge is 2.14. The van der Waals surface area contributed by atoms with E-state index in [2.05, 4.69) is 32.6 Å². The van der Waals surface area contributed by atoms with E-state index < -0.39 is 0 Å². The van der Waals surface area contributed by atoms with Crippen molar-refractivity contribution in [1.82, 2.24) is 19.7 Å². The number of benzene rings is 1. The van der Waals surface area contributed by atoms with Crippen molar-refractivity contribution in [3.05, 3.63) is 51.9 Å². The van der Waals surface area contributed by atoms with Gasteiger partial charge >= 0.3 is 0 Å². The smallest absolute Gasteiger partial charge is 0.246 e. The predicted molar refractivity (Wildman–Crippen MR) is 119 cm³/mol. The zero-order valence-corrected chi connectivity index (χ0v) is 18.0. The Bertz CT molecular complexity index is 1140. The third kappa shape index (κ3) is 4.09. The minimum atomic E-state index is -0.200. The summed E-state index contributed by atoms with van der Waals surface area (Å²) >= 11 is 9.91. The van der Waals surface area contributed by atoms with Gasteiger partial charge in [0.05, 0.1) is 10.6 Å². The molecule has 0 aliphatic carbocycles. The second kappa shape index (κ2) is 8.39. The molecule has 3 heterocycles. The highest BCUT2D eigenvalue weighted by atomic mass is 32.2. The molecule has 0 radical (unpaired) electrons. The molecular formula is C18H15N5OS4. The normalized spacial score (nSPS) is 10.9. The molecule has 142 valence electrons. The van der Waals surface area contributed by atoms with E-state index in [-0.39, 0.29) is 12.5 Å². The molecule has 0 atom stereocenters. The fraction of sp³-hybridized carbons (Fsp3) is 0.111. The van der Waals surface area contributed by atoms with E-state index in [0.717, 1.165) is 16.1 Å². The van der Waals surface area contributed by atoms with Crippen LogP contribution in [0.3, 0.4) is 0 Å². The maximum absolute atomic E-state index is 12.5. The van der Waals surface area contributed by atoms with Crippen LogP contribution in [0.5, 0.6) is 0 Å². The summed E-state index contributed by atoms with van der Waals surface area (Å²) in [5, 5.41) is 14.3. The number of nitrogens with zero attached hydrogens (tertiary/aromatic N) is 3. The fourth-order valence-electron chi connectivity index (χ4n) is 2.59. The molecule has 0 saturated carbocycles. The summed E-state index contributed by atoms with van der Waals surface area (Å²) in [6, 6.07) is 12.1. The second-order valence-corrected chi connectivity index (χ2v) is 8.80. The number of aromatic nitrogens is 4. The maximum Gasteiger partial charge on any atom is 0.246 e. The molecule has 4 rings (SSSR count). The predicted octanol–water partition coefficient (Wildman–Crippen LogP) is 5.15. The van der Waals surface area contributed by atoms with Crippen molar-refractivity contribution in [2.75, 3.05) is 11.6 Å². The highest BCUT2D eigenvalue weighted by Crippen LogP contribution is 2.27. The molecule has 2 N–H and O–H groups in total. The zero-order valence-electron chi connectivity index (χ0n) is 14.7. The number of carbonyl (C=O) groups excluding carboxylic acids is 1. The van der Waals surface area contributed by atoms with Crippen LogP contribution < -0.4 is 5.32 Å². The molecule has 10 heteroatoms. The molecule has 28 heavy (non-hydrogen) atoms. The Labute approximate surface area is 178 Å². The standard InChI is InChI=1S/C18H15N5OS4/c1-26-12-6-4-11(5-7-12)13-10-28-17(19-13)20-15(24)9-23-16(21-22-18(23)25)14-3-2-8-27-14/h2-8,10H,9H2,1H3,(H,22,25)(H,19,20,24). The minimum absolute atomic E-state index is 0.0693. The molecule has 4 aromatic rings. The van der Waals surface area contributed by atoms with Crippen LogP contribution in [0.1, 0.15) is 0 Å². The number of H-pyrrole nitrogens is 1. The summed E-state index contributed by atoms with van der Waals surface area (Å²) in [6.45, 7) is 0.0693. The number of thiophene rings is 1. The Kier molecular flexibility index (Phi) is 5.72. The maximum atomic E-state index is 12.5. The van der Waals surface area contributed by atoms with Crippen molar-refractivity contribution in [1.29, 1.82) is 0 Å². The average Bonchev–Trinajstić information content (AvgIpc) is 3.45. The average molecular weight is 446 g/mol. The molecular weight excluding hydrogens is 431 g/mol. The van der Waals surface area contributed by atoms with Gasteiger partial charge in [0.25, 0.3) is 0 Å². The number of nitrogens with one attached hydrogen (secondary N) is 2. The van der Waals surface area contributed by atoms with Gasteiger partial charge in [-0.1, -0.05) is 18.2 Å². The summed E-state index contributed by atoms with van der Waals surface area (Å²) < 4.78 is 2.10. The lowest BCUT2D eigenvalue weighted by Crippen LogP contribution is -2.19. The lowest BCUT2D eigenvalue weighted by molar-refractivity contribution is -0.116. The van der Waals surface area contributed by atoms with Gasteiger partial charge in [0.1, 0.15) is 6.54 Å². The SMILES string of the molecule is CSc1ccc(-c2csc(NC(=O)Cn3c(-c4cccs4)n[nH]c3=S)n2)cc1.